The molecule has 0 aromatic carbocycles. The highest BCUT2D eigenvalue weighted by Crippen LogP contribution is 2.19. The molecule has 62 valence electrons. The summed E-state index contributed by atoms with van der Waals surface area (Å²) in [7, 11) is -1.78. The van der Waals surface area contributed by atoms with Gasteiger partial charge in [0, 0.05) is 0 Å². The van der Waals surface area contributed by atoms with Gasteiger partial charge in [0.1, 0.15) is 16.0 Å². The Morgan fingerprint density at radius 3 is 2.64 bits per heavy atom. The molecule has 1 aromatic heterocycles. The number of alkyl halides is 1. The first-order valence-electron chi connectivity index (χ1n) is 2.50. The lowest BCUT2D eigenvalue weighted by Crippen LogP contribution is -1.94. The van der Waals surface area contributed by atoms with Gasteiger partial charge in [0.05, 0.1) is 0 Å². The van der Waals surface area contributed by atoms with Crippen LogP contribution in [-0.2, 0) is 10.8 Å². The molecule has 0 radical (unpaired) electrons. The average Bonchev–Trinajstić information content (AvgIpc) is 2.31. The van der Waals surface area contributed by atoms with Crippen molar-refractivity contribution >= 4 is 34.0 Å². The SMILES string of the molecule is O=S(CF)c1nc(Cl)c(Cl)[nH]1. The van der Waals surface area contributed by atoms with Crippen molar-refractivity contribution in [1.82, 2.24) is 9.97 Å². The van der Waals surface area contributed by atoms with Crippen LogP contribution in [0, 0.1) is 0 Å². The number of nitrogens with one attached hydrogen (secondary N) is 1. The molecule has 0 saturated carbocycles. The quantitative estimate of drug-likeness (QED) is 0.820. The first-order valence-corrected chi connectivity index (χ1v) is 4.58. The number of nitrogens with zero attached hydrogens (tertiary/aromatic N) is 1. The van der Waals surface area contributed by atoms with Crippen LogP contribution in [0.3, 0.4) is 0 Å². The molecular weight excluding hydrogens is 214 g/mol. The first-order chi connectivity index (χ1) is 5.15. The lowest BCUT2D eigenvalue weighted by atomic mass is 10.9. The summed E-state index contributed by atoms with van der Waals surface area (Å²) in [5.74, 6) is 0. The molecule has 0 fully saturated rings. The van der Waals surface area contributed by atoms with E-state index in [0.717, 1.165) is 0 Å². The summed E-state index contributed by atoms with van der Waals surface area (Å²) >= 11 is 10.8. The molecule has 1 rings (SSSR count). The minimum absolute atomic E-state index is 0.00321. The standard InChI is InChI=1S/C4H3Cl2FN2OS/c5-2-3(6)9-4(8-2)11(10)1-7/h1H2,(H,8,9). The molecule has 0 aliphatic rings. The van der Waals surface area contributed by atoms with Gasteiger partial charge >= 0.3 is 0 Å². The number of rotatable bonds is 2. The predicted octanol–water partition coefficient (Wildman–Crippen LogP) is 1.75. The summed E-state index contributed by atoms with van der Waals surface area (Å²) in [6.45, 7) is 0. The van der Waals surface area contributed by atoms with Crippen molar-refractivity contribution in [3.05, 3.63) is 10.3 Å². The molecule has 1 aromatic rings. The van der Waals surface area contributed by atoms with Crippen molar-refractivity contribution in [1.29, 1.82) is 0 Å². The van der Waals surface area contributed by atoms with E-state index in [-0.39, 0.29) is 15.5 Å². The smallest absolute Gasteiger partial charge is 0.201 e. The summed E-state index contributed by atoms with van der Waals surface area (Å²) in [4.78, 5) is 5.90. The molecule has 7 heteroatoms. The summed E-state index contributed by atoms with van der Waals surface area (Å²) in [5.41, 5.74) is 0. The van der Waals surface area contributed by atoms with Gasteiger partial charge < -0.3 is 4.98 Å². The van der Waals surface area contributed by atoms with E-state index in [1.807, 2.05) is 0 Å². The zero-order valence-corrected chi connectivity index (χ0v) is 7.43. The molecule has 1 unspecified atom stereocenters. The van der Waals surface area contributed by atoms with Crippen LogP contribution in [0.2, 0.25) is 10.3 Å². The molecule has 1 N–H and O–H groups in total. The number of H-pyrrole nitrogens is 1. The summed E-state index contributed by atoms with van der Waals surface area (Å²) in [5, 5.41) is 0.0365. The van der Waals surface area contributed by atoms with Gasteiger partial charge in [0.15, 0.2) is 11.2 Å². The number of hydrogen-bond acceptors (Lipinski definition) is 2. The number of aromatic amines is 1. The molecule has 11 heavy (non-hydrogen) atoms. The summed E-state index contributed by atoms with van der Waals surface area (Å²) in [6.07, 6.45) is 0. The Morgan fingerprint density at radius 2 is 2.27 bits per heavy atom. The fourth-order valence-electron chi connectivity index (χ4n) is 0.471. The average molecular weight is 217 g/mol. The first kappa shape index (κ1) is 8.96. The Morgan fingerprint density at radius 1 is 1.64 bits per heavy atom. The molecule has 0 spiro atoms. The molecule has 0 aliphatic heterocycles. The van der Waals surface area contributed by atoms with Gasteiger partial charge in [-0.25, -0.2) is 13.6 Å². The zero-order chi connectivity index (χ0) is 8.43. The van der Waals surface area contributed by atoms with Gasteiger partial charge in [-0.15, -0.1) is 0 Å². The third kappa shape index (κ3) is 1.91. The van der Waals surface area contributed by atoms with E-state index in [0.29, 0.717) is 0 Å². The Balaban J connectivity index is 2.97. The van der Waals surface area contributed by atoms with Gasteiger partial charge in [0.2, 0.25) is 5.16 Å². The topological polar surface area (TPSA) is 45.8 Å². The lowest BCUT2D eigenvalue weighted by molar-refractivity contribution is 0.577. The van der Waals surface area contributed by atoms with Crippen molar-refractivity contribution in [2.24, 2.45) is 0 Å². The molecule has 3 nitrogen and oxygen atoms in total. The van der Waals surface area contributed by atoms with E-state index >= 15 is 0 Å². The molecule has 0 bridgehead atoms. The van der Waals surface area contributed by atoms with Crippen LogP contribution >= 0.6 is 23.2 Å². The van der Waals surface area contributed by atoms with E-state index in [9.17, 15) is 8.60 Å². The Labute approximate surface area is 74.4 Å². The highest BCUT2D eigenvalue weighted by Gasteiger charge is 2.10. The van der Waals surface area contributed by atoms with Crippen molar-refractivity contribution in [2.45, 2.75) is 5.16 Å². The van der Waals surface area contributed by atoms with E-state index in [2.05, 4.69) is 9.97 Å². The zero-order valence-electron chi connectivity index (χ0n) is 5.10. The van der Waals surface area contributed by atoms with Crippen LogP contribution in [-0.4, -0.2) is 20.2 Å². The minimum Gasteiger partial charge on any atom is -0.321 e. The van der Waals surface area contributed by atoms with Crippen molar-refractivity contribution in [2.75, 3.05) is 6.01 Å². The normalized spacial score (nSPS) is 13.4. The Hall–Kier alpha value is -0.130. The van der Waals surface area contributed by atoms with E-state index in [1.165, 1.54) is 0 Å². The van der Waals surface area contributed by atoms with Crippen LogP contribution in [0.15, 0.2) is 5.16 Å². The fourth-order valence-corrected chi connectivity index (χ4v) is 1.35. The van der Waals surface area contributed by atoms with Gasteiger partial charge in [-0.1, -0.05) is 23.2 Å². The molecule has 0 amide bonds. The van der Waals surface area contributed by atoms with Gasteiger partial charge in [-0.3, -0.25) is 0 Å². The monoisotopic (exact) mass is 216 g/mol. The minimum atomic E-state index is -1.78. The highest BCUT2D eigenvalue weighted by molar-refractivity contribution is 7.84. The fraction of sp³-hybridized carbons (Fsp3) is 0.250. The maximum absolute atomic E-state index is 11.8. The van der Waals surface area contributed by atoms with Crippen LogP contribution in [0.1, 0.15) is 0 Å². The third-order valence-corrected chi connectivity index (χ3v) is 2.38. The molecule has 0 aliphatic carbocycles. The van der Waals surface area contributed by atoms with Crippen molar-refractivity contribution < 1.29 is 8.60 Å². The number of aromatic nitrogens is 2. The second-order valence-corrected chi connectivity index (χ2v) is 3.63. The Kier molecular flexibility index (Phi) is 2.86. The molecule has 1 atom stereocenters. The van der Waals surface area contributed by atoms with E-state index in [4.69, 9.17) is 23.2 Å². The largest absolute Gasteiger partial charge is 0.321 e. The van der Waals surface area contributed by atoms with Crippen molar-refractivity contribution in [3.63, 3.8) is 0 Å². The van der Waals surface area contributed by atoms with Crippen LogP contribution in [0.5, 0.6) is 0 Å². The van der Waals surface area contributed by atoms with Crippen LogP contribution in [0.4, 0.5) is 4.39 Å². The number of hydrogen-bond donors (Lipinski definition) is 1. The van der Waals surface area contributed by atoms with Gasteiger partial charge in [0.25, 0.3) is 0 Å². The molecule has 0 saturated heterocycles. The number of imidazole rings is 1. The summed E-state index contributed by atoms with van der Waals surface area (Å²) in [6, 6.07) is -1.000. The second-order valence-electron chi connectivity index (χ2n) is 1.60. The van der Waals surface area contributed by atoms with Gasteiger partial charge in [-0.05, 0) is 0 Å². The Bertz CT molecular complexity index is 270. The van der Waals surface area contributed by atoms with Gasteiger partial charge in [-0.2, -0.15) is 0 Å². The van der Waals surface area contributed by atoms with Crippen molar-refractivity contribution in [3.8, 4) is 0 Å². The van der Waals surface area contributed by atoms with E-state index < -0.39 is 16.8 Å². The lowest BCUT2D eigenvalue weighted by Gasteiger charge is -1.86. The molecule has 1 heterocycles. The summed E-state index contributed by atoms with van der Waals surface area (Å²) < 4.78 is 22.5. The van der Waals surface area contributed by atoms with Crippen LogP contribution in [0.25, 0.3) is 0 Å². The molecular formula is C4H3Cl2FN2OS. The highest BCUT2D eigenvalue weighted by atomic mass is 35.5. The van der Waals surface area contributed by atoms with E-state index in [1.54, 1.807) is 0 Å². The maximum Gasteiger partial charge on any atom is 0.201 e. The number of halogens is 3. The second kappa shape index (κ2) is 3.51. The predicted molar refractivity (Wildman–Crippen MR) is 41.0 cm³/mol. The maximum atomic E-state index is 11.8. The van der Waals surface area contributed by atoms with Crippen LogP contribution < -0.4 is 0 Å². The third-order valence-electron chi connectivity index (χ3n) is 0.912.